The van der Waals surface area contributed by atoms with E-state index in [9.17, 15) is 20.0 Å². The molecule has 0 saturated heterocycles. The van der Waals surface area contributed by atoms with Gasteiger partial charge in [-0.3, -0.25) is 10.1 Å². The third-order valence-electron chi connectivity index (χ3n) is 2.79. The second-order valence-corrected chi connectivity index (χ2v) is 4.47. The zero-order chi connectivity index (χ0) is 14.6. The Bertz CT molecular complexity index is 487. The van der Waals surface area contributed by atoms with Gasteiger partial charge in [-0.2, -0.15) is 0 Å². The molecule has 0 aliphatic heterocycles. The minimum atomic E-state index is -1.18. The molecular weight excluding hydrogens is 252 g/mol. The molecule has 0 aliphatic carbocycles. The molecular formula is C12H16N2O5. The second kappa shape index (κ2) is 6.14. The average molecular weight is 268 g/mol. The highest BCUT2D eigenvalue weighted by atomic mass is 16.6. The summed E-state index contributed by atoms with van der Waals surface area (Å²) in [4.78, 5) is 21.2. The van der Waals surface area contributed by atoms with E-state index in [1.54, 1.807) is 0 Å². The van der Waals surface area contributed by atoms with Gasteiger partial charge in [0.1, 0.15) is 0 Å². The molecule has 104 valence electrons. The molecule has 7 nitrogen and oxygen atoms in total. The van der Waals surface area contributed by atoms with Crippen LogP contribution in [0.4, 0.5) is 11.4 Å². The first kappa shape index (κ1) is 14.9. The molecule has 0 fully saturated rings. The summed E-state index contributed by atoms with van der Waals surface area (Å²) in [5.74, 6) is -1.14. The fourth-order valence-corrected chi connectivity index (χ4v) is 1.57. The highest BCUT2D eigenvalue weighted by Crippen LogP contribution is 2.24. The summed E-state index contributed by atoms with van der Waals surface area (Å²) in [6.45, 7) is 3.51. The van der Waals surface area contributed by atoms with Gasteiger partial charge in [-0.25, -0.2) is 4.79 Å². The van der Waals surface area contributed by atoms with Crippen LogP contribution in [0.5, 0.6) is 0 Å². The molecule has 19 heavy (non-hydrogen) atoms. The highest BCUT2D eigenvalue weighted by molar-refractivity contribution is 5.94. The van der Waals surface area contributed by atoms with Crippen molar-refractivity contribution < 1.29 is 19.9 Å². The van der Waals surface area contributed by atoms with Gasteiger partial charge in [-0.15, -0.1) is 0 Å². The molecule has 0 unspecified atom stereocenters. The standard InChI is InChI=1S/C12H16N2O5/c1-7(2)11(6-15)13-10-5-8(14(18)19)3-4-9(10)12(16)17/h3-5,7,11,13,15H,6H2,1-2H3,(H,16,17)/t11-/m1/s1. The molecule has 3 N–H and O–H groups in total. The van der Waals surface area contributed by atoms with E-state index < -0.39 is 10.9 Å². The van der Waals surface area contributed by atoms with E-state index in [4.69, 9.17) is 5.11 Å². The number of hydrogen-bond acceptors (Lipinski definition) is 5. The molecule has 0 spiro atoms. The number of nitrogens with one attached hydrogen (secondary N) is 1. The van der Waals surface area contributed by atoms with Crippen molar-refractivity contribution in [2.45, 2.75) is 19.9 Å². The number of carboxylic acid groups (broad SMARTS) is 1. The number of aliphatic hydroxyl groups excluding tert-OH is 1. The van der Waals surface area contributed by atoms with Gasteiger partial charge in [0.2, 0.25) is 0 Å². The number of aliphatic hydroxyl groups is 1. The number of rotatable bonds is 6. The molecule has 1 rings (SSSR count). The quantitative estimate of drug-likeness (QED) is 0.535. The van der Waals surface area contributed by atoms with Gasteiger partial charge in [0.25, 0.3) is 5.69 Å². The van der Waals surface area contributed by atoms with Crippen LogP contribution in [0.1, 0.15) is 24.2 Å². The summed E-state index contributed by atoms with van der Waals surface area (Å²) < 4.78 is 0. The summed E-state index contributed by atoms with van der Waals surface area (Å²) >= 11 is 0. The van der Waals surface area contributed by atoms with E-state index in [0.29, 0.717) is 0 Å². The Kier molecular flexibility index (Phi) is 4.82. The zero-order valence-corrected chi connectivity index (χ0v) is 10.7. The van der Waals surface area contributed by atoms with Gasteiger partial charge in [-0.1, -0.05) is 13.8 Å². The van der Waals surface area contributed by atoms with Crippen molar-refractivity contribution in [3.8, 4) is 0 Å². The van der Waals surface area contributed by atoms with Crippen molar-refractivity contribution in [1.29, 1.82) is 0 Å². The fourth-order valence-electron chi connectivity index (χ4n) is 1.57. The first-order valence-corrected chi connectivity index (χ1v) is 5.76. The molecule has 1 aromatic rings. The molecule has 1 aromatic carbocycles. The van der Waals surface area contributed by atoms with Crippen LogP contribution in [0, 0.1) is 16.0 Å². The maximum absolute atomic E-state index is 11.1. The lowest BCUT2D eigenvalue weighted by Crippen LogP contribution is -2.30. The van der Waals surface area contributed by atoms with Gasteiger partial charge in [0.15, 0.2) is 0 Å². The number of hydrogen-bond donors (Lipinski definition) is 3. The molecule has 0 saturated carbocycles. The molecule has 1 atom stereocenters. The van der Waals surface area contributed by atoms with Crippen LogP contribution in [0.2, 0.25) is 0 Å². The van der Waals surface area contributed by atoms with Crippen LogP contribution in [-0.2, 0) is 0 Å². The maximum atomic E-state index is 11.1. The van der Waals surface area contributed by atoms with Gasteiger partial charge >= 0.3 is 5.97 Å². The monoisotopic (exact) mass is 268 g/mol. The van der Waals surface area contributed by atoms with Crippen LogP contribution >= 0.6 is 0 Å². The van der Waals surface area contributed by atoms with E-state index in [1.165, 1.54) is 6.07 Å². The maximum Gasteiger partial charge on any atom is 0.337 e. The van der Waals surface area contributed by atoms with Crippen LogP contribution < -0.4 is 5.32 Å². The highest BCUT2D eigenvalue weighted by Gasteiger charge is 2.19. The molecule has 0 aromatic heterocycles. The smallest absolute Gasteiger partial charge is 0.337 e. The number of benzene rings is 1. The predicted molar refractivity (Wildman–Crippen MR) is 69.4 cm³/mol. The third kappa shape index (κ3) is 3.65. The van der Waals surface area contributed by atoms with Crippen molar-refractivity contribution in [2.75, 3.05) is 11.9 Å². The van der Waals surface area contributed by atoms with E-state index in [-0.39, 0.29) is 35.5 Å². The summed E-state index contributed by atoms with van der Waals surface area (Å²) in [5.41, 5.74) is -0.132. The fraction of sp³-hybridized carbons (Fsp3) is 0.417. The first-order chi connectivity index (χ1) is 8.86. The Balaban J connectivity index is 3.17. The van der Waals surface area contributed by atoms with Crippen LogP contribution in [0.3, 0.4) is 0 Å². The zero-order valence-electron chi connectivity index (χ0n) is 10.7. The predicted octanol–water partition coefficient (Wildman–Crippen LogP) is 1.72. The Morgan fingerprint density at radius 1 is 1.47 bits per heavy atom. The van der Waals surface area contributed by atoms with E-state index in [0.717, 1.165) is 12.1 Å². The number of non-ortho nitro benzene ring substituents is 1. The molecule has 0 aliphatic rings. The number of carbonyl (C=O) groups is 1. The average Bonchev–Trinajstić information content (AvgIpc) is 2.34. The normalized spacial score (nSPS) is 12.2. The topological polar surface area (TPSA) is 113 Å². The number of nitro groups is 1. The Labute approximate surface area is 110 Å². The van der Waals surface area contributed by atoms with E-state index in [1.807, 2.05) is 13.8 Å². The summed E-state index contributed by atoms with van der Waals surface area (Å²) in [6.07, 6.45) is 0. The van der Waals surface area contributed by atoms with Crippen LogP contribution in [-0.4, -0.2) is 33.8 Å². The number of carboxylic acids is 1. The lowest BCUT2D eigenvalue weighted by atomic mass is 10.0. The van der Waals surface area contributed by atoms with Gasteiger partial charge < -0.3 is 15.5 Å². The molecule has 0 heterocycles. The molecule has 7 heteroatoms. The van der Waals surface area contributed by atoms with E-state index >= 15 is 0 Å². The van der Waals surface area contributed by atoms with E-state index in [2.05, 4.69) is 5.32 Å². The SMILES string of the molecule is CC(C)[C@@H](CO)Nc1cc([N+](=O)[O-])ccc1C(=O)O. The molecule has 0 bridgehead atoms. The van der Waals surface area contributed by atoms with Crippen LogP contribution in [0.15, 0.2) is 18.2 Å². The number of aromatic carboxylic acids is 1. The van der Waals surface area contributed by atoms with Crippen molar-refractivity contribution in [3.05, 3.63) is 33.9 Å². The number of anilines is 1. The Morgan fingerprint density at radius 3 is 2.53 bits per heavy atom. The van der Waals surface area contributed by atoms with Crippen molar-refractivity contribution in [2.24, 2.45) is 5.92 Å². The summed E-state index contributed by atoms with van der Waals surface area (Å²) in [6, 6.07) is 3.10. The number of nitro benzene ring substituents is 1. The van der Waals surface area contributed by atoms with Crippen molar-refractivity contribution in [3.63, 3.8) is 0 Å². The van der Waals surface area contributed by atoms with Gasteiger partial charge in [-0.05, 0) is 12.0 Å². The Morgan fingerprint density at radius 2 is 2.11 bits per heavy atom. The minimum absolute atomic E-state index is 0.0471. The van der Waals surface area contributed by atoms with Gasteiger partial charge in [0, 0.05) is 12.1 Å². The van der Waals surface area contributed by atoms with Crippen molar-refractivity contribution >= 4 is 17.3 Å². The number of nitrogens with zero attached hydrogens (tertiary/aromatic N) is 1. The lowest BCUT2D eigenvalue weighted by molar-refractivity contribution is -0.384. The third-order valence-corrected chi connectivity index (χ3v) is 2.79. The lowest BCUT2D eigenvalue weighted by Gasteiger charge is -2.22. The van der Waals surface area contributed by atoms with Crippen molar-refractivity contribution in [1.82, 2.24) is 0 Å². The molecule has 0 radical (unpaired) electrons. The first-order valence-electron chi connectivity index (χ1n) is 5.76. The Hall–Kier alpha value is -2.15. The summed E-state index contributed by atoms with van der Waals surface area (Å²) in [7, 11) is 0. The van der Waals surface area contributed by atoms with Crippen LogP contribution in [0.25, 0.3) is 0 Å². The van der Waals surface area contributed by atoms with Gasteiger partial charge in [0.05, 0.1) is 28.8 Å². The second-order valence-electron chi connectivity index (χ2n) is 4.47. The largest absolute Gasteiger partial charge is 0.478 e. The molecule has 0 amide bonds. The summed E-state index contributed by atoms with van der Waals surface area (Å²) in [5, 5.41) is 31.8. The minimum Gasteiger partial charge on any atom is -0.478 e.